The van der Waals surface area contributed by atoms with E-state index in [1.807, 2.05) is 0 Å². The molecule has 0 unspecified atom stereocenters. The Morgan fingerprint density at radius 1 is 1.18 bits per heavy atom. The van der Waals surface area contributed by atoms with Gasteiger partial charge in [-0.05, 0) is 33.6 Å². The average molecular weight is 242 g/mol. The van der Waals surface area contributed by atoms with Crippen molar-refractivity contribution in [3.05, 3.63) is 0 Å². The minimum atomic E-state index is 0.222. The molecule has 1 rings (SSSR count). The van der Waals surface area contributed by atoms with E-state index in [4.69, 9.17) is 4.74 Å². The molecule has 1 aliphatic heterocycles. The first-order chi connectivity index (χ1) is 7.99. The second-order valence-electron chi connectivity index (χ2n) is 5.79. The Balaban J connectivity index is 2.67. The van der Waals surface area contributed by atoms with Crippen LogP contribution < -0.4 is 5.32 Å². The molecule has 0 bridgehead atoms. The van der Waals surface area contributed by atoms with Crippen LogP contribution in [0.25, 0.3) is 0 Å². The van der Waals surface area contributed by atoms with Crippen LogP contribution in [0.2, 0.25) is 0 Å². The summed E-state index contributed by atoms with van der Waals surface area (Å²) in [6.07, 6.45) is 2.41. The Morgan fingerprint density at radius 3 is 2.35 bits per heavy atom. The fourth-order valence-electron chi connectivity index (χ4n) is 2.80. The van der Waals surface area contributed by atoms with E-state index in [9.17, 15) is 0 Å². The molecule has 1 fully saturated rings. The van der Waals surface area contributed by atoms with Crippen LogP contribution >= 0.6 is 0 Å². The van der Waals surface area contributed by atoms with Crippen molar-refractivity contribution in [2.24, 2.45) is 0 Å². The number of hydrogen-bond donors (Lipinski definition) is 1. The molecule has 3 heteroatoms. The Morgan fingerprint density at radius 2 is 1.82 bits per heavy atom. The summed E-state index contributed by atoms with van der Waals surface area (Å²) in [5.41, 5.74) is 0.548. The molecular weight excluding hydrogens is 212 g/mol. The molecular formula is C14H30N2O. The van der Waals surface area contributed by atoms with E-state index < -0.39 is 0 Å². The zero-order valence-electron chi connectivity index (χ0n) is 12.3. The molecule has 102 valence electrons. The number of nitrogens with zero attached hydrogens (tertiary/aromatic N) is 1. The SMILES string of the molecule is CCOCCN1CC(C)(C)NCC1(CC)CC. The highest BCUT2D eigenvalue weighted by Crippen LogP contribution is 2.29. The molecule has 0 radical (unpaired) electrons. The molecule has 0 saturated carbocycles. The van der Waals surface area contributed by atoms with Crippen LogP contribution in [-0.2, 0) is 4.74 Å². The summed E-state index contributed by atoms with van der Waals surface area (Å²) in [5, 5.41) is 3.69. The average Bonchev–Trinajstić information content (AvgIpc) is 2.30. The number of piperazine rings is 1. The number of ether oxygens (including phenoxy) is 1. The number of nitrogens with one attached hydrogen (secondary N) is 1. The highest BCUT2D eigenvalue weighted by atomic mass is 16.5. The Hall–Kier alpha value is -0.120. The van der Waals surface area contributed by atoms with E-state index in [1.165, 1.54) is 12.8 Å². The predicted octanol–water partition coefficient (Wildman–Crippen LogP) is 2.27. The van der Waals surface area contributed by atoms with Gasteiger partial charge in [-0.3, -0.25) is 4.90 Å². The fourth-order valence-corrected chi connectivity index (χ4v) is 2.80. The van der Waals surface area contributed by atoms with Crippen molar-refractivity contribution in [2.75, 3.05) is 32.8 Å². The van der Waals surface area contributed by atoms with Crippen molar-refractivity contribution >= 4 is 0 Å². The maximum absolute atomic E-state index is 5.52. The molecule has 0 atom stereocenters. The first-order valence-corrected chi connectivity index (χ1v) is 7.07. The predicted molar refractivity (Wildman–Crippen MR) is 73.5 cm³/mol. The van der Waals surface area contributed by atoms with Gasteiger partial charge in [0.25, 0.3) is 0 Å². The molecule has 1 heterocycles. The number of hydrogen-bond acceptors (Lipinski definition) is 3. The molecule has 17 heavy (non-hydrogen) atoms. The van der Waals surface area contributed by atoms with E-state index in [0.717, 1.165) is 32.8 Å². The maximum atomic E-state index is 5.52. The number of rotatable bonds is 6. The summed E-state index contributed by atoms with van der Waals surface area (Å²) in [5.74, 6) is 0. The fraction of sp³-hybridized carbons (Fsp3) is 1.00. The molecule has 1 aliphatic rings. The lowest BCUT2D eigenvalue weighted by molar-refractivity contribution is -0.0111. The van der Waals surface area contributed by atoms with E-state index in [1.54, 1.807) is 0 Å². The van der Waals surface area contributed by atoms with Crippen LogP contribution in [0.5, 0.6) is 0 Å². The van der Waals surface area contributed by atoms with Crippen molar-refractivity contribution in [3.63, 3.8) is 0 Å². The van der Waals surface area contributed by atoms with E-state index in [2.05, 4.69) is 44.8 Å². The van der Waals surface area contributed by atoms with Gasteiger partial charge in [-0.25, -0.2) is 0 Å². The summed E-state index contributed by atoms with van der Waals surface area (Å²) in [7, 11) is 0. The van der Waals surface area contributed by atoms with Crippen molar-refractivity contribution in [3.8, 4) is 0 Å². The van der Waals surface area contributed by atoms with Gasteiger partial charge in [0.15, 0.2) is 0 Å². The van der Waals surface area contributed by atoms with Crippen molar-refractivity contribution < 1.29 is 4.74 Å². The molecule has 3 nitrogen and oxygen atoms in total. The van der Waals surface area contributed by atoms with Gasteiger partial charge < -0.3 is 10.1 Å². The third-order valence-corrected chi connectivity index (χ3v) is 4.18. The Labute approximate surface area is 107 Å². The van der Waals surface area contributed by atoms with Gasteiger partial charge in [0, 0.05) is 37.3 Å². The molecule has 0 aromatic rings. The third-order valence-electron chi connectivity index (χ3n) is 4.18. The lowest BCUT2D eigenvalue weighted by Crippen LogP contribution is -2.68. The first kappa shape index (κ1) is 14.9. The van der Waals surface area contributed by atoms with Crippen molar-refractivity contribution in [1.82, 2.24) is 10.2 Å². The molecule has 0 amide bonds. The Kier molecular flexibility index (Phi) is 5.42. The van der Waals surface area contributed by atoms with Crippen molar-refractivity contribution in [1.29, 1.82) is 0 Å². The maximum Gasteiger partial charge on any atom is 0.0593 e. The van der Waals surface area contributed by atoms with Crippen LogP contribution in [0.4, 0.5) is 0 Å². The highest BCUT2D eigenvalue weighted by Gasteiger charge is 2.41. The Bertz CT molecular complexity index is 224. The van der Waals surface area contributed by atoms with Gasteiger partial charge >= 0.3 is 0 Å². The van der Waals surface area contributed by atoms with Gasteiger partial charge in [0.2, 0.25) is 0 Å². The van der Waals surface area contributed by atoms with Gasteiger partial charge in [-0.1, -0.05) is 13.8 Å². The standard InChI is InChI=1S/C14H30N2O/c1-6-14(7-2)11-15-13(4,5)12-16(14)9-10-17-8-3/h15H,6-12H2,1-5H3. The third kappa shape index (κ3) is 3.67. The van der Waals surface area contributed by atoms with Gasteiger partial charge in [-0.2, -0.15) is 0 Å². The molecule has 0 aromatic carbocycles. The van der Waals surface area contributed by atoms with Gasteiger partial charge in [0.05, 0.1) is 6.61 Å². The monoisotopic (exact) mass is 242 g/mol. The molecule has 0 spiro atoms. The summed E-state index contributed by atoms with van der Waals surface area (Å²) in [6, 6.07) is 0. The summed E-state index contributed by atoms with van der Waals surface area (Å²) in [6.45, 7) is 16.2. The van der Waals surface area contributed by atoms with Gasteiger partial charge in [0.1, 0.15) is 0 Å². The second kappa shape index (κ2) is 6.17. The first-order valence-electron chi connectivity index (χ1n) is 7.07. The molecule has 1 saturated heterocycles. The zero-order valence-corrected chi connectivity index (χ0v) is 12.3. The van der Waals surface area contributed by atoms with Crippen LogP contribution in [0.1, 0.15) is 47.5 Å². The summed E-state index contributed by atoms with van der Waals surface area (Å²) < 4.78 is 5.52. The quantitative estimate of drug-likeness (QED) is 0.723. The minimum Gasteiger partial charge on any atom is -0.380 e. The smallest absolute Gasteiger partial charge is 0.0593 e. The second-order valence-corrected chi connectivity index (χ2v) is 5.79. The lowest BCUT2D eigenvalue weighted by Gasteiger charge is -2.52. The minimum absolute atomic E-state index is 0.222. The molecule has 0 aromatic heterocycles. The normalized spacial score (nSPS) is 23.8. The van der Waals surface area contributed by atoms with Crippen LogP contribution in [0.3, 0.4) is 0 Å². The van der Waals surface area contributed by atoms with Crippen LogP contribution in [0.15, 0.2) is 0 Å². The van der Waals surface area contributed by atoms with E-state index in [-0.39, 0.29) is 5.54 Å². The molecule has 0 aliphatic carbocycles. The highest BCUT2D eigenvalue weighted by molar-refractivity contribution is 5.00. The summed E-state index contributed by atoms with van der Waals surface area (Å²) >= 11 is 0. The van der Waals surface area contributed by atoms with E-state index in [0.29, 0.717) is 5.54 Å². The largest absolute Gasteiger partial charge is 0.380 e. The lowest BCUT2D eigenvalue weighted by atomic mass is 9.84. The molecule has 1 N–H and O–H groups in total. The summed E-state index contributed by atoms with van der Waals surface area (Å²) in [4.78, 5) is 2.64. The van der Waals surface area contributed by atoms with Crippen LogP contribution in [-0.4, -0.2) is 48.8 Å². The van der Waals surface area contributed by atoms with Crippen LogP contribution in [0, 0.1) is 0 Å². The topological polar surface area (TPSA) is 24.5 Å². The van der Waals surface area contributed by atoms with Crippen molar-refractivity contribution in [2.45, 2.75) is 58.5 Å². The van der Waals surface area contributed by atoms with E-state index >= 15 is 0 Å². The zero-order chi connectivity index (χ0) is 12.9. The van der Waals surface area contributed by atoms with Gasteiger partial charge in [-0.15, -0.1) is 0 Å².